The van der Waals surface area contributed by atoms with Crippen molar-refractivity contribution in [2.45, 2.75) is 6.42 Å². The average Bonchev–Trinajstić information content (AvgIpc) is 2.41. The third-order valence-electron chi connectivity index (χ3n) is 2.88. The minimum absolute atomic E-state index is 0.0113. The van der Waals surface area contributed by atoms with Crippen molar-refractivity contribution in [1.82, 2.24) is 0 Å². The van der Waals surface area contributed by atoms with Crippen molar-refractivity contribution < 1.29 is 23.4 Å². The minimum Gasteiger partial charge on any atom is -0.494 e. The lowest BCUT2D eigenvalue weighted by molar-refractivity contribution is -0.136. The normalized spacial score (nSPS) is 10.3. The molecule has 0 amide bonds. The minimum atomic E-state index is -1.15. The molecule has 20 heavy (non-hydrogen) atoms. The van der Waals surface area contributed by atoms with Crippen LogP contribution in [0.25, 0.3) is 11.1 Å². The molecule has 3 nitrogen and oxygen atoms in total. The lowest BCUT2D eigenvalue weighted by atomic mass is 10.0. The molecule has 5 heteroatoms. The van der Waals surface area contributed by atoms with Crippen molar-refractivity contribution >= 4 is 5.97 Å². The second-order valence-electron chi connectivity index (χ2n) is 4.20. The largest absolute Gasteiger partial charge is 0.494 e. The molecule has 0 fully saturated rings. The smallest absolute Gasteiger partial charge is 0.307 e. The van der Waals surface area contributed by atoms with E-state index in [2.05, 4.69) is 0 Å². The van der Waals surface area contributed by atoms with E-state index in [-0.39, 0.29) is 16.9 Å². The molecule has 0 aliphatic carbocycles. The van der Waals surface area contributed by atoms with Gasteiger partial charge >= 0.3 is 5.97 Å². The highest BCUT2D eigenvalue weighted by atomic mass is 19.1. The third kappa shape index (κ3) is 2.77. The Hall–Kier alpha value is -2.43. The molecule has 0 radical (unpaired) electrons. The van der Waals surface area contributed by atoms with Gasteiger partial charge in [-0.25, -0.2) is 8.78 Å². The molecule has 0 aliphatic heterocycles. The molecule has 0 heterocycles. The van der Waals surface area contributed by atoms with E-state index in [1.54, 1.807) is 6.07 Å². The highest BCUT2D eigenvalue weighted by Gasteiger charge is 2.13. The van der Waals surface area contributed by atoms with Crippen LogP contribution in [0.4, 0.5) is 8.78 Å². The number of aliphatic carboxylic acids is 1. The van der Waals surface area contributed by atoms with Gasteiger partial charge in [-0.05, 0) is 29.3 Å². The molecule has 0 bridgehead atoms. The number of carboxylic acids is 1. The summed E-state index contributed by atoms with van der Waals surface area (Å²) in [5.41, 5.74) is 0.646. The van der Waals surface area contributed by atoms with Crippen LogP contribution in [0.1, 0.15) is 5.56 Å². The van der Waals surface area contributed by atoms with Crippen molar-refractivity contribution in [3.63, 3.8) is 0 Å². The van der Waals surface area contributed by atoms with Crippen LogP contribution in [0.15, 0.2) is 36.4 Å². The number of methoxy groups -OCH3 is 1. The van der Waals surface area contributed by atoms with E-state index >= 15 is 0 Å². The summed E-state index contributed by atoms with van der Waals surface area (Å²) in [6.07, 6.45) is -0.453. The molecule has 0 saturated carbocycles. The van der Waals surface area contributed by atoms with Crippen molar-refractivity contribution in [1.29, 1.82) is 0 Å². The fourth-order valence-electron chi connectivity index (χ4n) is 1.93. The number of hydrogen-bond donors (Lipinski definition) is 1. The fourth-order valence-corrected chi connectivity index (χ4v) is 1.93. The Morgan fingerprint density at radius 2 is 2.00 bits per heavy atom. The van der Waals surface area contributed by atoms with E-state index in [0.717, 1.165) is 6.07 Å². The standard InChI is InChI=1S/C15H12F2O3/c1-20-13-4-2-3-11(15(13)17)9-5-6-12(16)10(7-9)8-14(18)19/h2-7H,8H2,1H3,(H,18,19). The van der Waals surface area contributed by atoms with E-state index in [0.29, 0.717) is 5.56 Å². The fraction of sp³-hybridized carbons (Fsp3) is 0.133. The number of carboxylic acid groups (broad SMARTS) is 1. The highest BCUT2D eigenvalue weighted by Crippen LogP contribution is 2.30. The lowest BCUT2D eigenvalue weighted by Gasteiger charge is -2.09. The maximum atomic E-state index is 14.1. The Balaban J connectivity index is 2.51. The average molecular weight is 278 g/mol. The SMILES string of the molecule is COc1cccc(-c2ccc(F)c(CC(=O)O)c2)c1F. The van der Waals surface area contributed by atoms with Gasteiger partial charge in [0.1, 0.15) is 5.82 Å². The van der Waals surface area contributed by atoms with Gasteiger partial charge in [0.05, 0.1) is 13.5 Å². The van der Waals surface area contributed by atoms with Gasteiger partial charge in [-0.1, -0.05) is 18.2 Å². The molecule has 0 aromatic heterocycles. The summed E-state index contributed by atoms with van der Waals surface area (Å²) < 4.78 is 32.5. The van der Waals surface area contributed by atoms with Crippen molar-refractivity contribution in [3.05, 3.63) is 53.6 Å². The van der Waals surface area contributed by atoms with E-state index in [9.17, 15) is 13.6 Å². The number of benzene rings is 2. The van der Waals surface area contributed by atoms with E-state index in [1.165, 1.54) is 31.4 Å². The van der Waals surface area contributed by atoms with Gasteiger partial charge in [0.2, 0.25) is 0 Å². The van der Waals surface area contributed by atoms with E-state index in [4.69, 9.17) is 9.84 Å². The van der Waals surface area contributed by atoms with E-state index in [1.807, 2.05) is 0 Å². The molecule has 0 spiro atoms. The van der Waals surface area contributed by atoms with Gasteiger partial charge in [0.25, 0.3) is 0 Å². The predicted molar refractivity (Wildman–Crippen MR) is 69.7 cm³/mol. The summed E-state index contributed by atoms with van der Waals surface area (Å²) in [5, 5.41) is 8.73. The molecule has 0 atom stereocenters. The molecule has 2 aromatic rings. The summed E-state index contributed by atoms with van der Waals surface area (Å²) in [6.45, 7) is 0. The molecular formula is C15H12F2O3. The van der Waals surface area contributed by atoms with Gasteiger partial charge in [0.15, 0.2) is 11.6 Å². The van der Waals surface area contributed by atoms with E-state index < -0.39 is 24.0 Å². The van der Waals surface area contributed by atoms with Crippen LogP contribution in [0.5, 0.6) is 5.75 Å². The highest BCUT2D eigenvalue weighted by molar-refractivity contribution is 5.73. The predicted octanol–water partition coefficient (Wildman–Crippen LogP) is 3.27. The van der Waals surface area contributed by atoms with Gasteiger partial charge in [0, 0.05) is 5.56 Å². The first-order chi connectivity index (χ1) is 9.52. The summed E-state index contributed by atoms with van der Waals surface area (Å²) in [7, 11) is 1.35. The molecule has 0 unspecified atom stereocenters. The maximum absolute atomic E-state index is 14.1. The zero-order chi connectivity index (χ0) is 14.7. The van der Waals surface area contributed by atoms with Crippen LogP contribution in [0, 0.1) is 11.6 Å². The first kappa shape index (κ1) is 14.0. The number of carbonyl (C=O) groups is 1. The van der Waals surface area contributed by atoms with Crippen molar-refractivity contribution in [2.75, 3.05) is 7.11 Å². The zero-order valence-corrected chi connectivity index (χ0v) is 10.7. The zero-order valence-electron chi connectivity index (χ0n) is 10.7. The number of rotatable bonds is 4. The summed E-state index contributed by atoms with van der Waals surface area (Å²) in [5.74, 6) is -2.26. The first-order valence-corrected chi connectivity index (χ1v) is 5.86. The van der Waals surface area contributed by atoms with Gasteiger partial charge < -0.3 is 9.84 Å². The van der Waals surface area contributed by atoms with Crippen LogP contribution < -0.4 is 4.74 Å². The van der Waals surface area contributed by atoms with Gasteiger partial charge in [-0.3, -0.25) is 4.79 Å². The maximum Gasteiger partial charge on any atom is 0.307 e. The van der Waals surface area contributed by atoms with Crippen LogP contribution in [-0.4, -0.2) is 18.2 Å². The van der Waals surface area contributed by atoms with Crippen LogP contribution in [0.2, 0.25) is 0 Å². The molecular weight excluding hydrogens is 266 g/mol. The lowest BCUT2D eigenvalue weighted by Crippen LogP contribution is -2.03. The molecule has 2 rings (SSSR count). The van der Waals surface area contributed by atoms with Crippen LogP contribution >= 0.6 is 0 Å². The topological polar surface area (TPSA) is 46.5 Å². The Kier molecular flexibility index (Phi) is 3.98. The summed E-state index contributed by atoms with van der Waals surface area (Å²) in [6, 6.07) is 8.47. The van der Waals surface area contributed by atoms with Crippen LogP contribution in [0.3, 0.4) is 0 Å². The second kappa shape index (κ2) is 5.69. The quantitative estimate of drug-likeness (QED) is 0.933. The number of hydrogen-bond acceptors (Lipinski definition) is 2. The molecule has 104 valence electrons. The van der Waals surface area contributed by atoms with Gasteiger partial charge in [-0.15, -0.1) is 0 Å². The Labute approximate surface area is 114 Å². The van der Waals surface area contributed by atoms with Crippen molar-refractivity contribution in [3.8, 4) is 16.9 Å². The van der Waals surface area contributed by atoms with Crippen LogP contribution in [-0.2, 0) is 11.2 Å². The Bertz CT molecular complexity index is 654. The van der Waals surface area contributed by atoms with Gasteiger partial charge in [-0.2, -0.15) is 0 Å². The molecule has 0 aliphatic rings. The Morgan fingerprint density at radius 1 is 1.25 bits per heavy atom. The Morgan fingerprint density at radius 3 is 2.65 bits per heavy atom. The second-order valence-corrected chi connectivity index (χ2v) is 4.20. The molecule has 0 saturated heterocycles. The summed E-state index contributed by atoms with van der Waals surface area (Å²) in [4.78, 5) is 10.7. The monoisotopic (exact) mass is 278 g/mol. The van der Waals surface area contributed by atoms with Crippen molar-refractivity contribution in [2.24, 2.45) is 0 Å². The summed E-state index contributed by atoms with van der Waals surface area (Å²) >= 11 is 0. The number of ether oxygens (including phenoxy) is 1. The molecule has 2 aromatic carbocycles. The molecule has 1 N–H and O–H groups in total. The third-order valence-corrected chi connectivity index (χ3v) is 2.88. The first-order valence-electron chi connectivity index (χ1n) is 5.86. The number of halogens is 2.